The number of hydroxylamine groups is 1. The van der Waals surface area contributed by atoms with Crippen molar-refractivity contribution in [1.29, 1.82) is 0 Å². The Labute approximate surface area is 95.1 Å². The summed E-state index contributed by atoms with van der Waals surface area (Å²) in [6.07, 6.45) is 0.524. The van der Waals surface area contributed by atoms with E-state index in [1.54, 1.807) is 6.92 Å². The predicted octanol–water partition coefficient (Wildman–Crippen LogP) is -0.274. The topological polar surface area (TPSA) is 108 Å². The van der Waals surface area contributed by atoms with E-state index in [1.165, 1.54) is 0 Å². The van der Waals surface area contributed by atoms with Gasteiger partial charge in [0.2, 0.25) is 0 Å². The van der Waals surface area contributed by atoms with Crippen molar-refractivity contribution in [3.8, 4) is 0 Å². The summed E-state index contributed by atoms with van der Waals surface area (Å²) in [5.41, 5.74) is 7.29. The summed E-state index contributed by atoms with van der Waals surface area (Å²) >= 11 is 0.367. The third-order valence-corrected chi connectivity index (χ3v) is 3.73. The number of rotatable bonds is 7. The van der Waals surface area contributed by atoms with E-state index in [0.29, 0.717) is 33.8 Å². The van der Waals surface area contributed by atoms with Crippen LogP contribution in [0.5, 0.6) is 0 Å². The Hall–Kier alpha value is -0.621. The van der Waals surface area contributed by atoms with E-state index in [4.69, 9.17) is 16.0 Å². The molecule has 0 unspecified atom stereocenters. The van der Waals surface area contributed by atoms with Crippen molar-refractivity contribution >= 4 is 26.8 Å². The Balaban J connectivity index is 3.36. The fourth-order valence-electron chi connectivity index (χ4n) is 0.749. The number of carboxylic acid groups (broad SMARTS) is 1. The molecule has 0 aromatic heterocycles. The summed E-state index contributed by atoms with van der Waals surface area (Å²) in [5.74, 6) is -0.447. The molecule has 0 rings (SSSR count). The van der Waals surface area contributed by atoms with Crippen LogP contribution >= 0.6 is 0 Å². The van der Waals surface area contributed by atoms with Crippen LogP contribution < -0.4 is 11.2 Å². The van der Waals surface area contributed by atoms with E-state index < -0.39 is 12.0 Å². The van der Waals surface area contributed by atoms with Gasteiger partial charge in [0.1, 0.15) is 0 Å². The van der Waals surface area contributed by atoms with Gasteiger partial charge in [-0.1, -0.05) is 0 Å². The minimum absolute atomic E-state index is 0.367. The number of nitrogens with one attached hydrogen (secondary N) is 1. The van der Waals surface area contributed by atoms with Crippen LogP contribution in [0.15, 0.2) is 4.99 Å². The average molecular weight is 282 g/mol. The summed E-state index contributed by atoms with van der Waals surface area (Å²) in [4.78, 5) is 14.4. The standard InChI is InChI=1S/C8H17N3O3Se/c1-6(11-14)10-3-5-15-4-2-7(9)8(12)13/h7,14H,2-5,9H2,1H3,(H,10,11)(H,12,13)/t7-/m0/s1. The number of carbonyl (C=O) groups is 1. The average Bonchev–Trinajstić information content (AvgIpc) is 2.22. The van der Waals surface area contributed by atoms with Crippen LogP contribution in [0, 0.1) is 0 Å². The first-order chi connectivity index (χ1) is 7.07. The molecule has 7 heteroatoms. The van der Waals surface area contributed by atoms with Crippen LogP contribution in [0.4, 0.5) is 0 Å². The Bertz CT molecular complexity index is 223. The zero-order valence-electron chi connectivity index (χ0n) is 8.64. The van der Waals surface area contributed by atoms with E-state index in [0.717, 1.165) is 10.6 Å². The van der Waals surface area contributed by atoms with Gasteiger partial charge in [-0.15, -0.1) is 0 Å². The summed E-state index contributed by atoms with van der Waals surface area (Å²) in [5, 5.41) is 18.7. The van der Waals surface area contributed by atoms with E-state index in [1.807, 2.05) is 5.48 Å². The minimum atomic E-state index is -0.941. The van der Waals surface area contributed by atoms with Gasteiger partial charge in [-0.2, -0.15) is 0 Å². The molecule has 0 aromatic carbocycles. The molecule has 0 saturated carbocycles. The normalized spacial score (nSPS) is 13.7. The molecule has 0 bridgehead atoms. The van der Waals surface area contributed by atoms with Crippen molar-refractivity contribution in [3.63, 3.8) is 0 Å². The number of nitrogens with zero attached hydrogens (tertiary/aromatic N) is 1. The van der Waals surface area contributed by atoms with Gasteiger partial charge in [0.05, 0.1) is 0 Å². The van der Waals surface area contributed by atoms with Crippen molar-refractivity contribution in [2.45, 2.75) is 30.0 Å². The molecular weight excluding hydrogens is 265 g/mol. The van der Waals surface area contributed by atoms with Gasteiger partial charge in [0, 0.05) is 0 Å². The predicted molar refractivity (Wildman–Crippen MR) is 58.5 cm³/mol. The van der Waals surface area contributed by atoms with Crippen LogP contribution in [-0.2, 0) is 4.79 Å². The number of hydrogen-bond acceptors (Lipinski definition) is 4. The summed E-state index contributed by atoms with van der Waals surface area (Å²) in [7, 11) is 0. The van der Waals surface area contributed by atoms with Crippen LogP contribution in [0.25, 0.3) is 0 Å². The van der Waals surface area contributed by atoms with Crippen LogP contribution in [0.3, 0.4) is 0 Å². The molecule has 0 saturated heterocycles. The Morgan fingerprint density at radius 2 is 2.27 bits per heavy atom. The molecule has 15 heavy (non-hydrogen) atoms. The third kappa shape index (κ3) is 8.38. The van der Waals surface area contributed by atoms with Crippen molar-refractivity contribution in [1.82, 2.24) is 5.48 Å². The zero-order valence-corrected chi connectivity index (χ0v) is 10.4. The molecule has 0 aliphatic heterocycles. The molecule has 0 fully saturated rings. The number of aliphatic carboxylic acids is 1. The van der Waals surface area contributed by atoms with Crippen molar-refractivity contribution in [2.24, 2.45) is 10.7 Å². The van der Waals surface area contributed by atoms with E-state index >= 15 is 0 Å². The second-order valence-corrected chi connectivity index (χ2v) is 5.49. The number of amidine groups is 1. The molecule has 0 aliphatic rings. The van der Waals surface area contributed by atoms with Crippen molar-refractivity contribution in [2.75, 3.05) is 6.54 Å². The Morgan fingerprint density at radius 3 is 2.80 bits per heavy atom. The van der Waals surface area contributed by atoms with Crippen molar-refractivity contribution in [3.05, 3.63) is 0 Å². The van der Waals surface area contributed by atoms with Gasteiger partial charge in [-0.05, 0) is 0 Å². The quantitative estimate of drug-likeness (QED) is 0.169. The zero-order chi connectivity index (χ0) is 11.7. The first-order valence-corrected chi connectivity index (χ1v) is 6.97. The Kier molecular flexibility index (Phi) is 8.31. The SMILES string of the molecule is CC(=NCC[Se]CC[C@H](N)C(=O)O)NO. The monoisotopic (exact) mass is 283 g/mol. The van der Waals surface area contributed by atoms with Gasteiger partial charge >= 0.3 is 94.6 Å². The Morgan fingerprint density at radius 1 is 1.60 bits per heavy atom. The number of carboxylic acids is 1. The van der Waals surface area contributed by atoms with Gasteiger partial charge in [-0.3, -0.25) is 0 Å². The van der Waals surface area contributed by atoms with Crippen LogP contribution in [0.2, 0.25) is 10.6 Å². The molecule has 88 valence electrons. The van der Waals surface area contributed by atoms with Gasteiger partial charge in [0.15, 0.2) is 0 Å². The molecule has 0 aliphatic carbocycles. The molecule has 0 aromatic rings. The first kappa shape index (κ1) is 14.4. The molecule has 0 spiro atoms. The summed E-state index contributed by atoms with van der Waals surface area (Å²) < 4.78 is 0. The fraction of sp³-hybridized carbons (Fsp3) is 0.750. The van der Waals surface area contributed by atoms with Crippen LogP contribution in [-0.4, -0.2) is 49.7 Å². The molecule has 0 heterocycles. The maximum atomic E-state index is 10.4. The van der Waals surface area contributed by atoms with Crippen LogP contribution in [0.1, 0.15) is 13.3 Å². The number of hydrogen-bond donors (Lipinski definition) is 4. The molecule has 0 radical (unpaired) electrons. The first-order valence-electron chi connectivity index (χ1n) is 4.55. The van der Waals surface area contributed by atoms with E-state index in [2.05, 4.69) is 4.99 Å². The van der Waals surface area contributed by atoms with Gasteiger partial charge < -0.3 is 0 Å². The van der Waals surface area contributed by atoms with Crippen molar-refractivity contribution < 1.29 is 15.1 Å². The fourth-order valence-corrected chi connectivity index (χ4v) is 2.52. The molecule has 1 atom stereocenters. The maximum absolute atomic E-state index is 10.4. The molecule has 0 amide bonds. The van der Waals surface area contributed by atoms with E-state index in [9.17, 15) is 4.79 Å². The molecular formula is C8H17N3O3Se. The van der Waals surface area contributed by atoms with Gasteiger partial charge in [-0.25, -0.2) is 0 Å². The second kappa shape index (κ2) is 8.67. The number of aliphatic imine (C=N–C) groups is 1. The summed E-state index contributed by atoms with van der Waals surface area (Å²) in [6.45, 7) is 2.33. The molecule has 6 nitrogen and oxygen atoms in total. The van der Waals surface area contributed by atoms with E-state index in [-0.39, 0.29) is 0 Å². The molecule has 5 N–H and O–H groups in total. The van der Waals surface area contributed by atoms with Gasteiger partial charge in [0.25, 0.3) is 0 Å². The second-order valence-electron chi connectivity index (χ2n) is 2.92. The third-order valence-electron chi connectivity index (χ3n) is 1.64. The number of nitrogens with two attached hydrogens (primary N) is 1. The summed E-state index contributed by atoms with van der Waals surface area (Å²) in [6, 6.07) is -0.740.